The second-order valence-electron chi connectivity index (χ2n) is 29.5. The van der Waals surface area contributed by atoms with Gasteiger partial charge < -0.3 is 169 Å². The predicted molar refractivity (Wildman–Crippen MR) is 413 cm³/mol. The van der Waals surface area contributed by atoms with Gasteiger partial charge >= 0.3 is 37.7 Å². The first kappa shape index (κ1) is 106. The van der Waals surface area contributed by atoms with E-state index in [9.17, 15) is 129 Å². The lowest BCUT2D eigenvalue weighted by Gasteiger charge is -2.50. The molecule has 4 saturated heterocycles. The molecule has 1 aromatic heterocycles. The molecule has 0 radical (unpaired) electrons. The molecule has 4 aliphatic rings. The van der Waals surface area contributed by atoms with Gasteiger partial charge in [0.2, 0.25) is 29.5 Å². The number of aliphatic carboxylic acids is 1. The minimum atomic E-state index is -5.52. The van der Waals surface area contributed by atoms with Crippen LogP contribution in [0.4, 0.5) is 0 Å². The standard InChI is InChI=1S/C75H119N8O41P/c1-8-40(114-55(97)11-4)26-52(94)78-42(35-112-54(96)10-3)70(119-48(37(7)88)36-113-71-59(80-53(95)27-41(9-2)115-56(98)12-5)68(120-57(99)13-6)66(47(34-87)117-71)124-125(107,108)109)110-23-21-76-49(91)19-20-50(92)77-29-39-30-83(82-81-39)22-24-111-72-63(103)62(102)65(46(33-86)118-72)121-73-64(104)69(61(101)45(32-85)116-73)123-75(74(105)106)28-43(89)58(67(122-75)60(100)44(90)31-84)79-51(93)25-38-17-15-14-16-18-38/h14-18,30,37,40-48,58-73,84-90,100-104H,8-13,19-29,31-36H2,1-7H3,(H,76,91)(H,77,92)(H,78,94)(H,79,93)(H,80,95)(H,105,106)(H2,107,108,109)/t37-,40+,41+,42-,43+,44+,45?,46?,47?,48?,58+,59?,60+,61-,62+,63-,64-,65+,66+,67?,68?,69?,70+,71+,72?,73-,75-/m0/s1. The maximum absolute atomic E-state index is 13.8. The Morgan fingerprint density at radius 3 is 1.82 bits per heavy atom. The van der Waals surface area contributed by atoms with E-state index in [1.54, 1.807) is 44.2 Å². The van der Waals surface area contributed by atoms with E-state index in [0.29, 0.717) is 5.56 Å². The summed E-state index contributed by atoms with van der Waals surface area (Å²) < 4.78 is 99.3. The fraction of sp³-hybridized carbons (Fsp3) is 0.760. The molecule has 1 aromatic carbocycles. The molecule has 0 saturated carbocycles. The number of ether oxygens (including phenoxy) is 14. The van der Waals surface area contributed by atoms with E-state index in [1.807, 2.05) is 0 Å². The Bertz CT molecular complexity index is 3760. The fourth-order valence-corrected chi connectivity index (χ4v) is 13.8. The maximum Gasteiger partial charge on any atom is 0.470 e. The topological polar surface area (TPSA) is 721 Å². The van der Waals surface area contributed by atoms with E-state index in [0.717, 1.165) is 0 Å². The normalized spacial score (nSPS) is 28.3. The number of phosphoric acid groups is 1. The van der Waals surface area contributed by atoms with Crippen LogP contribution in [0.2, 0.25) is 0 Å². The number of hydrogen-bond donors (Lipinski definition) is 20. The number of carbonyl (C=O) groups excluding carboxylic acids is 9. The smallest absolute Gasteiger partial charge is 0.470 e. The van der Waals surface area contributed by atoms with E-state index < -0.39 is 311 Å². The zero-order valence-electron chi connectivity index (χ0n) is 69.9. The molecule has 5 amide bonds. The first-order chi connectivity index (χ1) is 59.3. The van der Waals surface area contributed by atoms with Gasteiger partial charge in [-0.15, -0.1) is 5.10 Å². The van der Waals surface area contributed by atoms with Gasteiger partial charge in [0.1, 0.15) is 122 Å². The molecule has 27 atom stereocenters. The van der Waals surface area contributed by atoms with Gasteiger partial charge in [-0.1, -0.05) is 77.1 Å². The van der Waals surface area contributed by atoms with Gasteiger partial charge in [0.15, 0.2) is 31.3 Å². The lowest BCUT2D eigenvalue weighted by molar-refractivity contribution is -0.386. The van der Waals surface area contributed by atoms with Gasteiger partial charge in [0, 0.05) is 51.5 Å². The zero-order chi connectivity index (χ0) is 92.6. The van der Waals surface area contributed by atoms with Crippen LogP contribution in [-0.2, 0) is 143 Å². The number of benzene rings is 1. The predicted octanol–water partition coefficient (Wildman–Crippen LogP) is -7.36. The van der Waals surface area contributed by atoms with E-state index >= 15 is 0 Å². The van der Waals surface area contributed by atoms with E-state index in [1.165, 1.54) is 45.5 Å². The Morgan fingerprint density at radius 1 is 0.640 bits per heavy atom. The number of carboxylic acid groups (broad SMARTS) is 1. The van der Waals surface area contributed by atoms with Gasteiger partial charge in [0.25, 0.3) is 5.79 Å². The highest BCUT2D eigenvalue weighted by Gasteiger charge is 2.61. The summed E-state index contributed by atoms with van der Waals surface area (Å²) in [5.41, 5.74) is 0.696. The highest BCUT2D eigenvalue weighted by molar-refractivity contribution is 7.46. The molecule has 2 aromatic rings. The van der Waals surface area contributed by atoms with Crippen LogP contribution >= 0.6 is 7.82 Å². The molecule has 125 heavy (non-hydrogen) atoms. The fourth-order valence-electron chi connectivity index (χ4n) is 13.2. The average Bonchev–Trinajstić information content (AvgIpc) is 1.03. The lowest BCUT2D eigenvalue weighted by Crippen LogP contribution is -2.71. The minimum Gasteiger partial charge on any atom is -0.477 e. The first-order valence-electron chi connectivity index (χ1n) is 40.7. The number of phosphoric ester groups is 1. The number of nitrogens with one attached hydrogen (secondary N) is 5. The summed E-state index contributed by atoms with van der Waals surface area (Å²) in [6.45, 7) is 3.08. The first-order valence-corrected chi connectivity index (χ1v) is 42.3. The van der Waals surface area contributed by atoms with Crippen LogP contribution in [0, 0.1) is 0 Å². The monoisotopic (exact) mass is 1820 g/mol. The second-order valence-corrected chi connectivity index (χ2v) is 30.7. The van der Waals surface area contributed by atoms with Crippen molar-refractivity contribution in [2.75, 3.05) is 59.4 Å². The Hall–Kier alpha value is -7.71. The number of rotatable bonds is 53. The molecule has 4 fully saturated rings. The molecule has 5 heterocycles. The van der Waals surface area contributed by atoms with Crippen LogP contribution in [0.5, 0.6) is 0 Å². The van der Waals surface area contributed by atoms with Crippen molar-refractivity contribution in [2.45, 2.75) is 304 Å². The van der Waals surface area contributed by atoms with Crippen molar-refractivity contribution in [2.24, 2.45) is 0 Å². The molecule has 710 valence electrons. The van der Waals surface area contributed by atoms with E-state index in [2.05, 4.69) is 36.9 Å². The summed E-state index contributed by atoms with van der Waals surface area (Å²) in [4.78, 5) is 151. The molecular weight excluding hydrogens is 1700 g/mol. The molecular formula is C75H119N8O41P. The number of esters is 4. The molecule has 49 nitrogen and oxygen atoms in total. The number of carbonyl (C=O) groups is 10. The minimum absolute atomic E-state index is 0.0247. The number of aliphatic hydroxyl groups excluding tert-OH is 12. The van der Waals surface area contributed by atoms with Crippen molar-refractivity contribution in [3.05, 3.63) is 47.8 Å². The summed E-state index contributed by atoms with van der Waals surface area (Å²) in [6, 6.07) is 3.21. The number of hydrogen-bond acceptors (Lipinski definition) is 40. The molecule has 50 heteroatoms. The van der Waals surface area contributed by atoms with Crippen molar-refractivity contribution < 1.29 is 200 Å². The molecule has 0 spiro atoms. The van der Waals surface area contributed by atoms with Crippen LogP contribution in [0.15, 0.2) is 36.5 Å². The third-order valence-electron chi connectivity index (χ3n) is 20.1. The third-order valence-corrected chi connectivity index (χ3v) is 20.6. The molecule has 6 rings (SSSR count). The highest BCUT2D eigenvalue weighted by atomic mass is 31.2. The Kier molecular flexibility index (Phi) is 44.2. The van der Waals surface area contributed by atoms with Crippen LogP contribution < -0.4 is 26.6 Å². The van der Waals surface area contributed by atoms with Crippen molar-refractivity contribution in [3.63, 3.8) is 0 Å². The quantitative estimate of drug-likeness (QED) is 0.00962. The van der Waals surface area contributed by atoms with Gasteiger partial charge in [-0.25, -0.2) is 14.0 Å². The molecule has 20 N–H and O–H groups in total. The number of aliphatic hydroxyl groups is 12. The zero-order valence-corrected chi connectivity index (χ0v) is 70.7. The second kappa shape index (κ2) is 52.1. The molecule has 4 aliphatic heterocycles. The van der Waals surface area contributed by atoms with Gasteiger partial charge in [0.05, 0.1) is 103 Å². The number of aromatic nitrogens is 3. The van der Waals surface area contributed by atoms with Crippen LogP contribution in [0.3, 0.4) is 0 Å². The van der Waals surface area contributed by atoms with Gasteiger partial charge in [-0.2, -0.15) is 0 Å². The molecule has 9 unspecified atom stereocenters. The third kappa shape index (κ3) is 32.5. The van der Waals surface area contributed by atoms with Crippen molar-refractivity contribution >= 4 is 67.2 Å². The van der Waals surface area contributed by atoms with Gasteiger partial charge in [-0.3, -0.25) is 47.7 Å². The lowest BCUT2D eigenvalue weighted by atomic mass is 9.88. The molecule has 0 aliphatic carbocycles. The summed E-state index contributed by atoms with van der Waals surface area (Å²) in [7, 11) is -5.52. The largest absolute Gasteiger partial charge is 0.477 e. The van der Waals surface area contributed by atoms with Crippen LogP contribution in [-0.4, -0.2) is 375 Å². The summed E-state index contributed by atoms with van der Waals surface area (Å²) >= 11 is 0. The van der Waals surface area contributed by atoms with Crippen molar-refractivity contribution in [1.29, 1.82) is 0 Å². The van der Waals surface area contributed by atoms with E-state index in [-0.39, 0.29) is 76.9 Å². The van der Waals surface area contributed by atoms with Crippen molar-refractivity contribution in [3.8, 4) is 0 Å². The van der Waals surface area contributed by atoms with Crippen LogP contribution in [0.25, 0.3) is 0 Å². The Labute approximate surface area is 716 Å². The average molecular weight is 1820 g/mol. The van der Waals surface area contributed by atoms with Gasteiger partial charge in [-0.05, 0) is 25.3 Å². The maximum atomic E-state index is 13.8. The highest BCUT2D eigenvalue weighted by Crippen LogP contribution is 2.43. The number of carboxylic acids is 1. The van der Waals surface area contributed by atoms with E-state index in [4.69, 9.17) is 70.8 Å². The van der Waals surface area contributed by atoms with Crippen molar-refractivity contribution in [1.82, 2.24) is 41.6 Å². The number of amides is 5. The summed E-state index contributed by atoms with van der Waals surface area (Å²) in [5, 5.41) is 163. The number of nitrogens with zero attached hydrogens (tertiary/aromatic N) is 3. The Morgan fingerprint density at radius 2 is 1.23 bits per heavy atom. The van der Waals surface area contributed by atoms with Crippen LogP contribution in [0.1, 0.15) is 130 Å². The Balaban J connectivity index is 1.06. The summed E-state index contributed by atoms with van der Waals surface area (Å²) in [6.07, 6.45) is -45.0. The molecule has 0 bridgehead atoms. The SMILES string of the molecule is CCC(=O)OC[C@H](NC(=O)C[C@@H](CC)OC(=O)CC)[C@H](OCCNC(=O)CCC(=O)NCc1cn(CCOC2OC(CO)[C@@H](O[C@@H]3OC(CO)[C@H](O)C(O[C@]4(C(=O)O)C[C@@H](O)[C@@H](NC(=O)Cc5ccccc5)C([C@H](O)[C@H](O)CO)O4)[C@@H]3O)[C@H](O)[C@@H]2O)nn1)OC(CO[C@@H]1OC(CO)[C@@H](OP(=O)(O)O)C(OC(=O)CC)C1NC(=O)C[C@@H](CC)OC(=O)CC)[C@H](C)O. The summed E-state index contributed by atoms with van der Waals surface area (Å²) in [5.74, 6) is -12.0.